The summed E-state index contributed by atoms with van der Waals surface area (Å²) >= 11 is 3.32. The van der Waals surface area contributed by atoms with Gasteiger partial charge in [-0.05, 0) is 40.2 Å². The molecule has 0 saturated heterocycles. The molecule has 0 atom stereocenters. The van der Waals surface area contributed by atoms with Gasteiger partial charge < -0.3 is 29.3 Å². The molecule has 0 unspecified atom stereocenters. The molecule has 10 heteroatoms. The zero-order chi connectivity index (χ0) is 23.1. The van der Waals surface area contributed by atoms with Crippen molar-refractivity contribution in [3.63, 3.8) is 0 Å². The molecule has 0 aliphatic heterocycles. The van der Waals surface area contributed by atoms with Crippen molar-refractivity contribution >= 4 is 45.1 Å². The minimum atomic E-state index is -0.844. The fourth-order valence-corrected chi connectivity index (χ4v) is 3.08. The van der Waals surface area contributed by atoms with Crippen molar-refractivity contribution in [2.24, 2.45) is 0 Å². The molecule has 0 radical (unpaired) electrons. The van der Waals surface area contributed by atoms with Gasteiger partial charge in [0, 0.05) is 16.6 Å². The van der Waals surface area contributed by atoms with Crippen LogP contribution in [-0.4, -0.2) is 38.6 Å². The highest BCUT2D eigenvalue weighted by molar-refractivity contribution is 9.10. The van der Waals surface area contributed by atoms with Crippen LogP contribution in [-0.2, 0) is 9.53 Å². The lowest BCUT2D eigenvalue weighted by molar-refractivity contribution is -0.119. The fourth-order valence-electron chi connectivity index (χ4n) is 2.70. The zero-order valence-corrected chi connectivity index (χ0v) is 18.7. The van der Waals surface area contributed by atoms with E-state index in [2.05, 4.69) is 26.6 Å². The van der Waals surface area contributed by atoms with E-state index in [1.54, 1.807) is 30.3 Å². The van der Waals surface area contributed by atoms with Crippen molar-refractivity contribution in [3.8, 4) is 11.5 Å². The number of anilines is 2. The van der Waals surface area contributed by atoms with Crippen LogP contribution in [0.15, 0.2) is 63.7 Å². The van der Waals surface area contributed by atoms with E-state index in [0.717, 1.165) is 0 Å². The summed E-state index contributed by atoms with van der Waals surface area (Å²) in [7, 11) is 2.82. The summed E-state index contributed by atoms with van der Waals surface area (Å²) in [6, 6.07) is 12.8. The third-order valence-corrected chi connectivity index (χ3v) is 4.91. The molecule has 0 fully saturated rings. The number of hydrogen-bond acceptors (Lipinski definition) is 7. The molecule has 1 heterocycles. The van der Waals surface area contributed by atoms with Crippen LogP contribution in [0.5, 0.6) is 11.5 Å². The second-order valence-electron chi connectivity index (χ2n) is 6.29. The van der Waals surface area contributed by atoms with E-state index < -0.39 is 24.4 Å². The van der Waals surface area contributed by atoms with Gasteiger partial charge in [0.1, 0.15) is 0 Å². The standard InChI is InChI=1S/C22H19BrN2O7/c1-29-18-10-13(16(11-19(18)30-2)25-21(27)17-8-5-9-31-17)22(28)32-12-20(26)24-15-7-4-3-6-14(15)23/h3-11H,12H2,1-2H3,(H,24,26)(H,25,27). The topological polar surface area (TPSA) is 116 Å². The molecule has 1 aromatic heterocycles. The van der Waals surface area contributed by atoms with Gasteiger partial charge >= 0.3 is 5.97 Å². The number of furan rings is 1. The Morgan fingerprint density at radius 3 is 2.31 bits per heavy atom. The van der Waals surface area contributed by atoms with Crippen molar-refractivity contribution in [1.82, 2.24) is 0 Å². The lowest BCUT2D eigenvalue weighted by Gasteiger charge is -2.15. The summed E-state index contributed by atoms with van der Waals surface area (Å²) in [6.45, 7) is -0.542. The number of carbonyl (C=O) groups excluding carboxylic acids is 3. The Morgan fingerprint density at radius 2 is 1.66 bits per heavy atom. The summed E-state index contributed by atoms with van der Waals surface area (Å²) < 4.78 is 21.4. The average Bonchev–Trinajstić information content (AvgIpc) is 3.34. The number of rotatable bonds is 8. The molecule has 2 N–H and O–H groups in total. The SMILES string of the molecule is COc1cc(NC(=O)c2ccco2)c(C(=O)OCC(=O)Nc2ccccc2Br)cc1OC. The van der Waals surface area contributed by atoms with Crippen molar-refractivity contribution in [2.45, 2.75) is 0 Å². The molecule has 0 aliphatic rings. The van der Waals surface area contributed by atoms with Gasteiger partial charge in [0.05, 0.1) is 37.4 Å². The number of carbonyl (C=O) groups is 3. The average molecular weight is 503 g/mol. The van der Waals surface area contributed by atoms with Crippen LogP contribution in [0, 0.1) is 0 Å². The van der Waals surface area contributed by atoms with Crippen molar-refractivity contribution < 1.29 is 33.0 Å². The van der Waals surface area contributed by atoms with Gasteiger partial charge in [0.2, 0.25) is 0 Å². The second kappa shape index (κ2) is 10.5. The van der Waals surface area contributed by atoms with Crippen LogP contribution in [0.1, 0.15) is 20.9 Å². The number of amides is 2. The third kappa shape index (κ3) is 5.46. The highest BCUT2D eigenvalue weighted by Crippen LogP contribution is 2.34. The summed E-state index contributed by atoms with van der Waals surface area (Å²) in [6.07, 6.45) is 1.35. The van der Waals surface area contributed by atoms with E-state index in [9.17, 15) is 14.4 Å². The molecule has 0 bridgehead atoms. The fraction of sp³-hybridized carbons (Fsp3) is 0.136. The number of halogens is 1. The lowest BCUT2D eigenvalue weighted by Crippen LogP contribution is -2.22. The maximum absolute atomic E-state index is 12.7. The maximum Gasteiger partial charge on any atom is 0.340 e. The Labute approximate surface area is 191 Å². The number of ether oxygens (including phenoxy) is 3. The molecular formula is C22H19BrN2O7. The molecule has 0 saturated carbocycles. The van der Waals surface area contributed by atoms with Crippen LogP contribution < -0.4 is 20.1 Å². The predicted octanol–water partition coefficient (Wildman–Crippen LogP) is 4.11. The van der Waals surface area contributed by atoms with Gasteiger partial charge in [-0.15, -0.1) is 0 Å². The number of nitrogens with one attached hydrogen (secondary N) is 2. The normalized spacial score (nSPS) is 10.2. The van der Waals surface area contributed by atoms with Crippen LogP contribution in [0.3, 0.4) is 0 Å². The summed E-state index contributed by atoms with van der Waals surface area (Å²) in [5.41, 5.74) is 0.600. The highest BCUT2D eigenvalue weighted by atomic mass is 79.9. The van der Waals surface area contributed by atoms with Crippen molar-refractivity contribution in [1.29, 1.82) is 0 Å². The Morgan fingerprint density at radius 1 is 0.938 bits per heavy atom. The Balaban J connectivity index is 1.78. The van der Waals surface area contributed by atoms with Gasteiger partial charge in [0.25, 0.3) is 11.8 Å². The molecule has 3 rings (SSSR count). The first-order valence-corrected chi connectivity index (χ1v) is 10.0. The van der Waals surface area contributed by atoms with Crippen molar-refractivity contribution in [2.75, 3.05) is 31.5 Å². The molecule has 3 aromatic rings. The molecule has 9 nitrogen and oxygen atoms in total. The monoisotopic (exact) mass is 502 g/mol. The van der Waals surface area contributed by atoms with Crippen molar-refractivity contribution in [3.05, 3.63) is 70.6 Å². The van der Waals surface area contributed by atoms with E-state index in [1.165, 1.54) is 38.7 Å². The van der Waals surface area contributed by atoms with Crippen LogP contribution in [0.4, 0.5) is 11.4 Å². The maximum atomic E-state index is 12.7. The predicted molar refractivity (Wildman–Crippen MR) is 119 cm³/mol. The van der Waals surface area contributed by atoms with Gasteiger partial charge in [-0.2, -0.15) is 0 Å². The van der Waals surface area contributed by atoms with Gasteiger partial charge in [0.15, 0.2) is 23.9 Å². The van der Waals surface area contributed by atoms with E-state index in [4.69, 9.17) is 18.6 Å². The number of benzene rings is 2. The van der Waals surface area contributed by atoms with E-state index in [0.29, 0.717) is 10.2 Å². The van der Waals surface area contributed by atoms with Crippen LogP contribution in [0.25, 0.3) is 0 Å². The molecule has 166 valence electrons. The lowest BCUT2D eigenvalue weighted by atomic mass is 10.1. The molecule has 2 amide bonds. The first-order chi connectivity index (χ1) is 15.4. The van der Waals surface area contributed by atoms with E-state index in [1.807, 2.05) is 0 Å². The van der Waals surface area contributed by atoms with Crippen LogP contribution >= 0.6 is 15.9 Å². The number of para-hydroxylation sites is 1. The third-order valence-electron chi connectivity index (χ3n) is 4.22. The molecule has 0 spiro atoms. The minimum absolute atomic E-state index is 0.0313. The summed E-state index contributed by atoms with van der Waals surface area (Å²) in [4.78, 5) is 37.4. The summed E-state index contributed by atoms with van der Waals surface area (Å²) in [5, 5.41) is 5.21. The van der Waals surface area contributed by atoms with Gasteiger partial charge in [-0.25, -0.2) is 4.79 Å². The van der Waals surface area contributed by atoms with Crippen LogP contribution in [0.2, 0.25) is 0 Å². The quantitative estimate of drug-likeness (QED) is 0.445. The Kier molecular flexibility index (Phi) is 7.50. The molecule has 2 aromatic carbocycles. The first kappa shape index (κ1) is 22.9. The van der Waals surface area contributed by atoms with E-state index >= 15 is 0 Å². The minimum Gasteiger partial charge on any atom is -0.493 e. The van der Waals surface area contributed by atoms with E-state index in [-0.39, 0.29) is 28.5 Å². The zero-order valence-electron chi connectivity index (χ0n) is 17.1. The Hall–Kier alpha value is -3.79. The highest BCUT2D eigenvalue weighted by Gasteiger charge is 2.22. The molecular weight excluding hydrogens is 484 g/mol. The number of hydrogen-bond donors (Lipinski definition) is 2. The largest absolute Gasteiger partial charge is 0.493 e. The smallest absolute Gasteiger partial charge is 0.340 e. The summed E-state index contributed by atoms with van der Waals surface area (Å²) in [5.74, 6) is -1.39. The number of methoxy groups -OCH3 is 2. The number of esters is 1. The first-order valence-electron chi connectivity index (χ1n) is 9.25. The van der Waals surface area contributed by atoms with Gasteiger partial charge in [-0.3, -0.25) is 9.59 Å². The molecule has 32 heavy (non-hydrogen) atoms. The molecule has 0 aliphatic carbocycles. The Bertz CT molecular complexity index is 1130. The second-order valence-corrected chi connectivity index (χ2v) is 7.14. The van der Waals surface area contributed by atoms with Gasteiger partial charge in [-0.1, -0.05) is 12.1 Å².